The second-order valence-electron chi connectivity index (χ2n) is 9.68. The number of anilines is 2. The Bertz CT molecular complexity index is 1600. The van der Waals surface area contributed by atoms with Crippen molar-refractivity contribution < 1.29 is 23.9 Å². The number of ether oxygens (including phenoxy) is 2. The van der Waals surface area contributed by atoms with Crippen molar-refractivity contribution in [1.29, 1.82) is 0 Å². The lowest BCUT2D eigenvalue weighted by Gasteiger charge is -2.31. The molecule has 0 bridgehead atoms. The molecule has 11 nitrogen and oxygen atoms in total. The maximum atomic E-state index is 14.3. The second kappa shape index (κ2) is 11.2. The molecule has 0 radical (unpaired) electrons. The number of nitrogens with two attached hydrogens (primary N) is 2. The molecule has 0 unspecified atom stereocenters. The molecule has 12 heteroatoms. The molecular formula is C28H28N6O5S. The van der Waals surface area contributed by atoms with Crippen LogP contribution in [0.1, 0.15) is 52.0 Å². The number of carbonyl (C=O) groups is 3. The largest absolute Gasteiger partial charge is 0.454 e. The molecule has 3 amide bonds. The SMILES string of the molecule is CC(C)CCNC(=O)[C@H](c1ccc2ncccc2c1)N(C(=O)c1snc(C(N)=O)c1N)c1ccc2c(c1)OCO2. The number of amides is 3. The molecule has 0 saturated carbocycles. The molecule has 0 aliphatic carbocycles. The lowest BCUT2D eigenvalue weighted by Crippen LogP contribution is -2.44. The molecule has 1 aliphatic heterocycles. The van der Waals surface area contributed by atoms with Crippen LogP contribution in [-0.2, 0) is 4.79 Å². The number of hydrogen-bond donors (Lipinski definition) is 3. The van der Waals surface area contributed by atoms with Gasteiger partial charge in [-0.15, -0.1) is 0 Å². The molecule has 206 valence electrons. The first-order valence-corrected chi connectivity index (χ1v) is 13.4. The standard InChI is InChI=1S/C28H28N6O5S/c1-15(2)9-11-32-27(36)24(17-5-7-19-16(12-17)4-3-10-31-19)34(18-6-8-20-21(13-18)39-14-38-20)28(37)25-22(29)23(26(30)35)33-40-25/h3-8,10,12-13,15,24H,9,11,14,29H2,1-2H3,(H2,30,35)(H,32,36)/t24-/m0/s1. The summed E-state index contributed by atoms with van der Waals surface area (Å²) in [6.45, 7) is 4.57. The fourth-order valence-electron chi connectivity index (χ4n) is 4.42. The molecule has 40 heavy (non-hydrogen) atoms. The number of rotatable bonds is 9. The van der Waals surface area contributed by atoms with Crippen LogP contribution >= 0.6 is 11.5 Å². The molecule has 1 atom stereocenters. The topological polar surface area (TPSA) is 163 Å². The highest BCUT2D eigenvalue weighted by Crippen LogP contribution is 2.40. The first-order valence-electron chi connectivity index (χ1n) is 12.6. The summed E-state index contributed by atoms with van der Waals surface area (Å²) in [4.78, 5) is 45.8. The minimum absolute atomic E-state index is 0.0195. The third-order valence-electron chi connectivity index (χ3n) is 6.48. The van der Waals surface area contributed by atoms with E-state index in [0.29, 0.717) is 35.2 Å². The van der Waals surface area contributed by atoms with Crippen LogP contribution in [0.3, 0.4) is 0 Å². The van der Waals surface area contributed by atoms with Gasteiger partial charge in [0, 0.05) is 29.9 Å². The fourth-order valence-corrected chi connectivity index (χ4v) is 5.16. The van der Waals surface area contributed by atoms with Crippen LogP contribution in [-0.4, -0.2) is 40.4 Å². The monoisotopic (exact) mass is 560 g/mol. The summed E-state index contributed by atoms with van der Waals surface area (Å²) in [5.74, 6) is -0.579. The molecule has 3 heterocycles. The number of benzene rings is 2. The Kier molecular flexibility index (Phi) is 7.52. The highest BCUT2D eigenvalue weighted by atomic mass is 32.1. The van der Waals surface area contributed by atoms with Crippen LogP contribution < -0.4 is 31.2 Å². The number of nitrogen functional groups attached to an aromatic ring is 1. The van der Waals surface area contributed by atoms with Crippen LogP contribution in [0.2, 0.25) is 0 Å². The Morgan fingerprint density at radius 3 is 2.65 bits per heavy atom. The van der Waals surface area contributed by atoms with E-state index in [2.05, 4.69) is 28.5 Å². The van der Waals surface area contributed by atoms with Crippen LogP contribution in [0.25, 0.3) is 10.9 Å². The highest BCUT2D eigenvalue weighted by molar-refractivity contribution is 7.09. The van der Waals surface area contributed by atoms with Crippen molar-refractivity contribution in [1.82, 2.24) is 14.7 Å². The molecule has 2 aromatic heterocycles. The summed E-state index contributed by atoms with van der Waals surface area (Å²) < 4.78 is 15.0. The van der Waals surface area contributed by atoms with Gasteiger partial charge in [0.05, 0.1) is 11.2 Å². The smallest absolute Gasteiger partial charge is 0.273 e. The third kappa shape index (κ3) is 5.25. The molecule has 0 fully saturated rings. The minimum atomic E-state index is -1.12. The van der Waals surface area contributed by atoms with Gasteiger partial charge in [-0.2, -0.15) is 4.37 Å². The molecule has 4 aromatic rings. The Morgan fingerprint density at radius 1 is 1.10 bits per heavy atom. The number of carbonyl (C=O) groups excluding carboxylic acids is 3. The van der Waals surface area contributed by atoms with E-state index in [1.54, 1.807) is 42.6 Å². The Balaban J connectivity index is 1.67. The average Bonchev–Trinajstić information content (AvgIpc) is 3.56. The van der Waals surface area contributed by atoms with Gasteiger partial charge < -0.3 is 26.3 Å². The van der Waals surface area contributed by atoms with E-state index in [1.165, 1.54) is 4.90 Å². The van der Waals surface area contributed by atoms with E-state index in [4.69, 9.17) is 20.9 Å². The Hall–Kier alpha value is -4.71. The summed E-state index contributed by atoms with van der Waals surface area (Å²) in [5.41, 5.74) is 12.9. The summed E-state index contributed by atoms with van der Waals surface area (Å²) >= 11 is 0.745. The van der Waals surface area contributed by atoms with Gasteiger partial charge >= 0.3 is 0 Å². The normalized spacial score (nSPS) is 12.9. The summed E-state index contributed by atoms with van der Waals surface area (Å²) in [6, 6.07) is 12.9. The predicted molar refractivity (Wildman–Crippen MR) is 151 cm³/mol. The van der Waals surface area contributed by atoms with Crippen molar-refractivity contribution in [3.8, 4) is 11.5 Å². The van der Waals surface area contributed by atoms with Gasteiger partial charge in [-0.1, -0.05) is 26.0 Å². The zero-order valence-electron chi connectivity index (χ0n) is 21.9. The van der Waals surface area contributed by atoms with Crippen LogP contribution in [0.15, 0.2) is 54.7 Å². The van der Waals surface area contributed by atoms with Gasteiger partial charge in [0.25, 0.3) is 11.8 Å². The molecule has 5 rings (SSSR count). The molecule has 5 N–H and O–H groups in total. The van der Waals surface area contributed by atoms with Crippen LogP contribution in [0, 0.1) is 5.92 Å². The lowest BCUT2D eigenvalue weighted by molar-refractivity contribution is -0.122. The van der Waals surface area contributed by atoms with Gasteiger partial charge in [-0.3, -0.25) is 24.3 Å². The number of primary amides is 1. The van der Waals surface area contributed by atoms with Crippen molar-refractivity contribution in [2.75, 3.05) is 24.0 Å². The fraction of sp³-hybridized carbons (Fsp3) is 0.250. The van der Waals surface area contributed by atoms with E-state index in [9.17, 15) is 14.4 Å². The lowest BCUT2D eigenvalue weighted by atomic mass is 10.00. The van der Waals surface area contributed by atoms with Gasteiger partial charge in [-0.25, -0.2) is 0 Å². The third-order valence-corrected chi connectivity index (χ3v) is 7.33. The molecular weight excluding hydrogens is 532 g/mol. The van der Waals surface area contributed by atoms with Crippen molar-refractivity contribution >= 4 is 51.5 Å². The van der Waals surface area contributed by atoms with E-state index < -0.39 is 23.8 Å². The summed E-state index contributed by atoms with van der Waals surface area (Å²) in [6.07, 6.45) is 2.44. The number of fused-ring (bicyclic) bond motifs is 2. The zero-order valence-corrected chi connectivity index (χ0v) is 22.7. The summed E-state index contributed by atoms with van der Waals surface area (Å²) in [7, 11) is 0. The van der Waals surface area contributed by atoms with Gasteiger partial charge in [0.15, 0.2) is 17.2 Å². The number of hydrogen-bond acceptors (Lipinski definition) is 9. The summed E-state index contributed by atoms with van der Waals surface area (Å²) in [5, 5.41) is 3.78. The van der Waals surface area contributed by atoms with E-state index in [0.717, 1.165) is 28.9 Å². The van der Waals surface area contributed by atoms with Crippen molar-refractivity contribution in [3.05, 3.63) is 70.9 Å². The van der Waals surface area contributed by atoms with Gasteiger partial charge in [0.1, 0.15) is 10.9 Å². The number of nitrogens with one attached hydrogen (secondary N) is 1. The van der Waals surface area contributed by atoms with Crippen LogP contribution in [0.4, 0.5) is 11.4 Å². The van der Waals surface area contributed by atoms with Crippen molar-refractivity contribution in [2.24, 2.45) is 11.7 Å². The van der Waals surface area contributed by atoms with Crippen LogP contribution in [0.5, 0.6) is 11.5 Å². The first kappa shape index (κ1) is 26.9. The molecule has 0 spiro atoms. The quantitative estimate of drug-likeness (QED) is 0.279. The molecule has 0 saturated heterocycles. The van der Waals surface area contributed by atoms with Crippen molar-refractivity contribution in [2.45, 2.75) is 26.3 Å². The second-order valence-corrected chi connectivity index (χ2v) is 10.5. The maximum absolute atomic E-state index is 14.3. The number of pyridine rings is 1. The molecule has 2 aromatic carbocycles. The van der Waals surface area contributed by atoms with E-state index >= 15 is 0 Å². The predicted octanol–water partition coefficient (Wildman–Crippen LogP) is 3.65. The number of aromatic nitrogens is 2. The molecule has 1 aliphatic rings. The maximum Gasteiger partial charge on any atom is 0.273 e. The first-order chi connectivity index (χ1) is 19.2. The zero-order chi connectivity index (χ0) is 28.4. The van der Waals surface area contributed by atoms with Gasteiger partial charge in [-0.05, 0) is 59.8 Å². The van der Waals surface area contributed by atoms with E-state index in [-0.39, 0.29) is 23.1 Å². The van der Waals surface area contributed by atoms with Crippen molar-refractivity contribution in [3.63, 3.8) is 0 Å². The van der Waals surface area contributed by atoms with Gasteiger partial charge in [0.2, 0.25) is 12.7 Å². The van der Waals surface area contributed by atoms with E-state index in [1.807, 2.05) is 12.1 Å². The Morgan fingerprint density at radius 2 is 1.90 bits per heavy atom. The minimum Gasteiger partial charge on any atom is -0.454 e. The Labute approximate surface area is 234 Å². The highest BCUT2D eigenvalue weighted by Gasteiger charge is 2.37. The average molecular weight is 561 g/mol. The number of nitrogens with zero attached hydrogens (tertiary/aromatic N) is 3.